The minimum Gasteiger partial charge on any atom is -0.309 e. The van der Waals surface area contributed by atoms with Crippen LogP contribution in [0.25, 0.3) is 0 Å². The summed E-state index contributed by atoms with van der Waals surface area (Å²) in [5.41, 5.74) is 0. The molecule has 0 aliphatic heterocycles. The van der Waals surface area contributed by atoms with Gasteiger partial charge in [0.2, 0.25) is 0 Å². The number of nitrogens with one attached hydrogen (secondary N) is 1. The molecule has 1 unspecified atom stereocenters. The second-order valence-electron chi connectivity index (χ2n) is 4.37. The SMILES string of the molecule is CC(NCCCC1CCCC1)C(F)F. The number of alkyl halides is 2. The van der Waals surface area contributed by atoms with Crippen LogP contribution in [0.3, 0.4) is 0 Å². The molecule has 1 aliphatic rings. The summed E-state index contributed by atoms with van der Waals surface area (Å²) in [5.74, 6) is 0.874. The summed E-state index contributed by atoms with van der Waals surface area (Å²) in [4.78, 5) is 0. The van der Waals surface area contributed by atoms with E-state index in [4.69, 9.17) is 0 Å². The fourth-order valence-electron chi connectivity index (χ4n) is 2.11. The molecule has 3 heteroatoms. The standard InChI is InChI=1S/C11H21F2N/c1-9(11(12)13)14-8-4-7-10-5-2-3-6-10/h9-11,14H,2-8H2,1H3. The van der Waals surface area contributed by atoms with E-state index < -0.39 is 12.5 Å². The number of rotatable bonds is 6. The van der Waals surface area contributed by atoms with E-state index in [9.17, 15) is 8.78 Å². The van der Waals surface area contributed by atoms with Gasteiger partial charge in [0.15, 0.2) is 0 Å². The van der Waals surface area contributed by atoms with Gasteiger partial charge in [-0.15, -0.1) is 0 Å². The van der Waals surface area contributed by atoms with Crippen LogP contribution in [0.5, 0.6) is 0 Å². The van der Waals surface area contributed by atoms with Crippen molar-refractivity contribution in [2.75, 3.05) is 6.54 Å². The van der Waals surface area contributed by atoms with Crippen molar-refractivity contribution in [2.45, 2.75) is 57.9 Å². The Morgan fingerprint density at radius 2 is 1.93 bits per heavy atom. The highest BCUT2D eigenvalue weighted by Gasteiger charge is 2.15. The third-order valence-electron chi connectivity index (χ3n) is 3.11. The molecule has 0 radical (unpaired) electrons. The Morgan fingerprint density at radius 3 is 2.50 bits per heavy atom. The average Bonchev–Trinajstić information content (AvgIpc) is 2.64. The molecule has 1 nitrogen and oxygen atoms in total. The van der Waals surface area contributed by atoms with E-state index in [0.29, 0.717) is 0 Å². The molecule has 0 aromatic rings. The van der Waals surface area contributed by atoms with Gasteiger partial charge in [0.1, 0.15) is 0 Å². The van der Waals surface area contributed by atoms with Crippen molar-refractivity contribution in [3.8, 4) is 0 Å². The summed E-state index contributed by atoms with van der Waals surface area (Å²) in [7, 11) is 0. The van der Waals surface area contributed by atoms with Crippen LogP contribution >= 0.6 is 0 Å². The van der Waals surface area contributed by atoms with Crippen molar-refractivity contribution in [1.82, 2.24) is 5.32 Å². The van der Waals surface area contributed by atoms with Gasteiger partial charge in [-0.1, -0.05) is 25.7 Å². The quantitative estimate of drug-likeness (QED) is 0.657. The minimum absolute atomic E-state index is 0.654. The van der Waals surface area contributed by atoms with Crippen LogP contribution in [0, 0.1) is 5.92 Å². The molecule has 1 saturated carbocycles. The molecule has 0 aromatic carbocycles. The summed E-state index contributed by atoms with van der Waals surface area (Å²) in [6, 6.07) is -0.654. The monoisotopic (exact) mass is 205 g/mol. The zero-order chi connectivity index (χ0) is 10.4. The third kappa shape index (κ3) is 4.36. The summed E-state index contributed by atoms with van der Waals surface area (Å²) in [5, 5.41) is 2.86. The Labute approximate surface area is 85.3 Å². The van der Waals surface area contributed by atoms with Crippen molar-refractivity contribution in [2.24, 2.45) is 5.92 Å². The summed E-state index contributed by atoms with van der Waals surface area (Å²) < 4.78 is 24.2. The molecule has 0 spiro atoms. The van der Waals surface area contributed by atoms with Gasteiger partial charge < -0.3 is 5.32 Å². The second-order valence-corrected chi connectivity index (χ2v) is 4.37. The molecular weight excluding hydrogens is 184 g/mol. The van der Waals surface area contributed by atoms with Crippen molar-refractivity contribution < 1.29 is 8.78 Å². The van der Waals surface area contributed by atoms with Crippen LogP contribution in [-0.4, -0.2) is 19.0 Å². The number of hydrogen-bond acceptors (Lipinski definition) is 1. The molecule has 1 fully saturated rings. The molecule has 1 rings (SSSR count). The van der Waals surface area contributed by atoms with Crippen LogP contribution in [0.4, 0.5) is 8.78 Å². The van der Waals surface area contributed by atoms with Crippen molar-refractivity contribution in [3.63, 3.8) is 0 Å². The lowest BCUT2D eigenvalue weighted by Gasteiger charge is -2.13. The number of hydrogen-bond donors (Lipinski definition) is 1. The first-order valence-electron chi connectivity index (χ1n) is 5.71. The highest BCUT2D eigenvalue weighted by Crippen LogP contribution is 2.28. The lowest BCUT2D eigenvalue weighted by molar-refractivity contribution is 0.106. The molecule has 0 saturated heterocycles. The first-order valence-corrected chi connectivity index (χ1v) is 5.71. The van der Waals surface area contributed by atoms with Crippen LogP contribution in [0.2, 0.25) is 0 Å². The van der Waals surface area contributed by atoms with Crippen LogP contribution in [0.15, 0.2) is 0 Å². The lowest BCUT2D eigenvalue weighted by Crippen LogP contribution is -2.33. The van der Waals surface area contributed by atoms with Crippen molar-refractivity contribution in [1.29, 1.82) is 0 Å². The van der Waals surface area contributed by atoms with E-state index in [1.165, 1.54) is 32.1 Å². The molecule has 0 aromatic heterocycles. The third-order valence-corrected chi connectivity index (χ3v) is 3.11. The Balaban J connectivity index is 1.93. The van der Waals surface area contributed by atoms with Crippen molar-refractivity contribution >= 4 is 0 Å². The van der Waals surface area contributed by atoms with Gasteiger partial charge in [-0.2, -0.15) is 0 Å². The Bertz CT molecular complexity index is 140. The lowest BCUT2D eigenvalue weighted by atomic mass is 10.0. The van der Waals surface area contributed by atoms with Gasteiger partial charge in [0.05, 0.1) is 6.04 Å². The van der Waals surface area contributed by atoms with E-state index >= 15 is 0 Å². The zero-order valence-electron chi connectivity index (χ0n) is 8.94. The van der Waals surface area contributed by atoms with Gasteiger partial charge in [-0.05, 0) is 32.2 Å². The predicted octanol–water partition coefficient (Wildman–Crippen LogP) is 3.20. The molecule has 0 heterocycles. The normalized spacial score (nSPS) is 20.6. The van der Waals surface area contributed by atoms with Gasteiger partial charge >= 0.3 is 0 Å². The highest BCUT2D eigenvalue weighted by atomic mass is 19.3. The van der Waals surface area contributed by atoms with E-state index in [-0.39, 0.29) is 0 Å². The molecule has 0 amide bonds. The van der Waals surface area contributed by atoms with Crippen LogP contribution in [-0.2, 0) is 0 Å². The molecule has 14 heavy (non-hydrogen) atoms. The second kappa shape index (κ2) is 6.33. The Hall–Kier alpha value is -0.180. The van der Waals surface area contributed by atoms with Gasteiger partial charge in [0.25, 0.3) is 6.43 Å². The highest BCUT2D eigenvalue weighted by molar-refractivity contribution is 4.68. The molecule has 1 aliphatic carbocycles. The summed E-state index contributed by atoms with van der Waals surface area (Å²) in [6.07, 6.45) is 5.46. The van der Waals surface area contributed by atoms with Gasteiger partial charge in [0, 0.05) is 0 Å². The van der Waals surface area contributed by atoms with Gasteiger partial charge in [-0.3, -0.25) is 0 Å². The van der Waals surface area contributed by atoms with Crippen LogP contribution in [0.1, 0.15) is 45.4 Å². The fourth-order valence-corrected chi connectivity index (χ4v) is 2.11. The summed E-state index contributed by atoms with van der Waals surface area (Å²) >= 11 is 0. The van der Waals surface area contributed by atoms with E-state index in [1.807, 2.05) is 0 Å². The minimum atomic E-state index is -2.23. The maximum absolute atomic E-state index is 12.1. The zero-order valence-corrected chi connectivity index (χ0v) is 8.94. The average molecular weight is 205 g/mol. The van der Waals surface area contributed by atoms with E-state index in [2.05, 4.69) is 5.32 Å². The topological polar surface area (TPSA) is 12.0 Å². The smallest absolute Gasteiger partial charge is 0.253 e. The summed E-state index contributed by atoms with van der Waals surface area (Å²) in [6.45, 7) is 2.28. The maximum Gasteiger partial charge on any atom is 0.253 e. The largest absolute Gasteiger partial charge is 0.309 e. The van der Waals surface area contributed by atoms with Crippen molar-refractivity contribution in [3.05, 3.63) is 0 Å². The molecular formula is C11H21F2N. The van der Waals surface area contributed by atoms with E-state index in [0.717, 1.165) is 18.9 Å². The predicted molar refractivity (Wildman–Crippen MR) is 54.7 cm³/mol. The molecule has 84 valence electrons. The Kier molecular flexibility index (Phi) is 5.38. The fraction of sp³-hybridized carbons (Fsp3) is 1.00. The Morgan fingerprint density at radius 1 is 1.29 bits per heavy atom. The van der Waals surface area contributed by atoms with Gasteiger partial charge in [-0.25, -0.2) is 8.78 Å². The molecule has 1 N–H and O–H groups in total. The first-order chi connectivity index (χ1) is 6.70. The number of halogens is 2. The maximum atomic E-state index is 12.1. The molecule has 1 atom stereocenters. The van der Waals surface area contributed by atoms with Crippen LogP contribution < -0.4 is 5.32 Å². The molecule has 0 bridgehead atoms. The van der Waals surface area contributed by atoms with E-state index in [1.54, 1.807) is 6.92 Å². The first kappa shape index (κ1) is 11.9.